The number of allylic oxidation sites excluding steroid dienone is 1. The van der Waals surface area contributed by atoms with Crippen molar-refractivity contribution in [2.45, 2.75) is 6.92 Å². The van der Waals surface area contributed by atoms with Gasteiger partial charge in [0.2, 0.25) is 0 Å². The Hall–Kier alpha value is -3.42. The van der Waals surface area contributed by atoms with Gasteiger partial charge < -0.3 is 16.3 Å². The Morgan fingerprint density at radius 2 is 2.29 bits per heavy atom. The lowest BCUT2D eigenvalue weighted by Gasteiger charge is -2.09. The molecular weight excluding hydrogens is 313 g/mol. The summed E-state index contributed by atoms with van der Waals surface area (Å²) >= 11 is 0. The second-order valence-corrected chi connectivity index (χ2v) is 4.69. The van der Waals surface area contributed by atoms with Crippen LogP contribution in [0, 0.1) is 5.82 Å². The number of amides is 1. The van der Waals surface area contributed by atoms with E-state index in [1.807, 2.05) is 0 Å². The van der Waals surface area contributed by atoms with Gasteiger partial charge in [-0.1, -0.05) is 17.8 Å². The zero-order valence-electron chi connectivity index (χ0n) is 12.9. The molecular formula is C16H16FN5O2. The number of nitrogens with zero attached hydrogens (tertiary/aromatic N) is 3. The summed E-state index contributed by atoms with van der Waals surface area (Å²) in [5.41, 5.74) is 5.84. The Morgan fingerprint density at radius 1 is 1.54 bits per heavy atom. The lowest BCUT2D eigenvalue weighted by Crippen LogP contribution is -2.18. The van der Waals surface area contributed by atoms with E-state index in [-0.39, 0.29) is 22.8 Å². The van der Waals surface area contributed by atoms with Crippen molar-refractivity contribution in [2.75, 3.05) is 5.32 Å². The van der Waals surface area contributed by atoms with Crippen LogP contribution in [-0.4, -0.2) is 26.5 Å². The van der Waals surface area contributed by atoms with Gasteiger partial charge in [-0.2, -0.15) is 0 Å². The lowest BCUT2D eigenvalue weighted by atomic mass is 10.1. The highest BCUT2D eigenvalue weighted by Gasteiger charge is 2.16. The van der Waals surface area contributed by atoms with E-state index in [2.05, 4.69) is 22.0 Å². The smallest absolute Gasteiger partial charge is 0.274 e. The highest BCUT2D eigenvalue weighted by atomic mass is 19.1. The molecule has 0 spiro atoms. The molecule has 4 N–H and O–H groups in total. The Bertz CT molecular complexity index is 839. The molecule has 0 radical (unpaired) electrons. The fraction of sp³-hybridized carbons (Fsp3) is 0.0625. The van der Waals surface area contributed by atoms with Gasteiger partial charge in [0.1, 0.15) is 17.3 Å². The van der Waals surface area contributed by atoms with Crippen molar-refractivity contribution in [1.29, 1.82) is 0 Å². The van der Waals surface area contributed by atoms with Crippen LogP contribution in [0.5, 0.6) is 0 Å². The van der Waals surface area contributed by atoms with Crippen LogP contribution in [0.3, 0.4) is 0 Å². The molecule has 0 saturated heterocycles. The number of hydrogen-bond donors (Lipinski definition) is 3. The molecule has 24 heavy (non-hydrogen) atoms. The highest BCUT2D eigenvalue weighted by Crippen LogP contribution is 2.18. The minimum Gasteiger partial charge on any atom is -0.409 e. The van der Waals surface area contributed by atoms with E-state index in [1.165, 1.54) is 29.0 Å². The molecule has 0 aliphatic rings. The van der Waals surface area contributed by atoms with Crippen molar-refractivity contribution in [3.63, 3.8) is 0 Å². The molecule has 0 atom stereocenters. The number of nitrogens with two attached hydrogens (primary N) is 1. The molecule has 0 saturated carbocycles. The molecule has 1 heterocycles. The van der Waals surface area contributed by atoms with E-state index in [4.69, 9.17) is 10.9 Å². The van der Waals surface area contributed by atoms with Gasteiger partial charge in [0.05, 0.1) is 11.9 Å². The number of anilines is 1. The topological polar surface area (TPSA) is 106 Å². The van der Waals surface area contributed by atoms with Crippen molar-refractivity contribution < 1.29 is 14.4 Å². The maximum Gasteiger partial charge on any atom is 0.274 e. The van der Waals surface area contributed by atoms with Crippen LogP contribution in [0.25, 0.3) is 12.3 Å². The quantitative estimate of drug-likeness (QED) is 0.339. The average molecular weight is 329 g/mol. The number of carbonyl (C=O) groups excluding carboxylic acids is 1. The van der Waals surface area contributed by atoms with Gasteiger partial charge in [-0.05, 0) is 31.2 Å². The van der Waals surface area contributed by atoms with E-state index >= 15 is 0 Å². The maximum atomic E-state index is 13.9. The minimum atomic E-state index is -0.654. The summed E-state index contributed by atoms with van der Waals surface area (Å²) in [5, 5.41) is 14.0. The first-order chi connectivity index (χ1) is 11.5. The van der Waals surface area contributed by atoms with Crippen molar-refractivity contribution in [2.24, 2.45) is 10.9 Å². The second-order valence-electron chi connectivity index (χ2n) is 4.69. The van der Waals surface area contributed by atoms with Gasteiger partial charge in [0, 0.05) is 11.8 Å². The van der Waals surface area contributed by atoms with Gasteiger partial charge in [0.15, 0.2) is 5.84 Å². The summed E-state index contributed by atoms with van der Waals surface area (Å²) in [6, 6.07) is 3.72. The molecule has 0 fully saturated rings. The number of aromatic nitrogens is 2. The molecule has 1 amide bonds. The largest absolute Gasteiger partial charge is 0.409 e. The molecule has 7 nitrogen and oxygen atoms in total. The van der Waals surface area contributed by atoms with Crippen LogP contribution in [0.2, 0.25) is 0 Å². The standard InChI is InChI=1S/C16H16FN5O2/c1-3-7-22-13(9-19-14(22)4-2)16(23)20-12-8-10(15(18)21-24)5-6-11(12)17/h3-9,24H,2H2,1H3,(H2,18,21)(H,20,23)/b7-3-. The molecule has 1 aromatic heterocycles. The zero-order valence-corrected chi connectivity index (χ0v) is 12.9. The van der Waals surface area contributed by atoms with Gasteiger partial charge >= 0.3 is 0 Å². The molecule has 2 rings (SSSR count). The Balaban J connectivity index is 2.37. The number of carbonyl (C=O) groups is 1. The average Bonchev–Trinajstić information content (AvgIpc) is 2.99. The second kappa shape index (κ2) is 7.23. The number of hydrogen-bond acceptors (Lipinski definition) is 4. The van der Waals surface area contributed by atoms with Gasteiger partial charge in [-0.25, -0.2) is 9.37 Å². The van der Waals surface area contributed by atoms with Gasteiger partial charge in [-0.3, -0.25) is 9.36 Å². The van der Waals surface area contributed by atoms with Crippen LogP contribution in [0.1, 0.15) is 28.8 Å². The van der Waals surface area contributed by atoms with Crippen molar-refractivity contribution in [3.05, 3.63) is 59.9 Å². The first-order valence-electron chi connectivity index (χ1n) is 6.93. The highest BCUT2D eigenvalue weighted by molar-refractivity contribution is 6.05. The van der Waals surface area contributed by atoms with E-state index < -0.39 is 11.7 Å². The number of oxime groups is 1. The molecule has 0 aliphatic heterocycles. The van der Waals surface area contributed by atoms with Gasteiger partial charge in [0.25, 0.3) is 5.91 Å². The molecule has 0 unspecified atom stereocenters. The van der Waals surface area contributed by atoms with Crippen molar-refractivity contribution in [3.8, 4) is 0 Å². The Morgan fingerprint density at radius 3 is 2.92 bits per heavy atom. The maximum absolute atomic E-state index is 13.9. The monoisotopic (exact) mass is 329 g/mol. The third-order valence-electron chi connectivity index (χ3n) is 3.16. The normalized spacial score (nSPS) is 11.7. The third kappa shape index (κ3) is 3.32. The summed E-state index contributed by atoms with van der Waals surface area (Å²) in [5.74, 6) is -0.939. The SMILES string of the molecule is C=Cc1ncc(C(=O)Nc2cc(/C(N)=N/O)ccc2F)n1/C=C\C. The van der Waals surface area contributed by atoms with Crippen LogP contribution < -0.4 is 11.1 Å². The number of halogens is 1. The summed E-state index contributed by atoms with van der Waals surface area (Å²) in [4.78, 5) is 16.5. The number of rotatable bonds is 5. The van der Waals surface area contributed by atoms with Crippen molar-refractivity contribution in [1.82, 2.24) is 9.55 Å². The first kappa shape index (κ1) is 16.9. The Labute approximate surface area is 137 Å². The summed E-state index contributed by atoms with van der Waals surface area (Å²) in [6.07, 6.45) is 6.22. The number of amidine groups is 1. The van der Waals surface area contributed by atoms with Crippen LogP contribution in [0.4, 0.5) is 10.1 Å². The Kier molecular flexibility index (Phi) is 5.10. The minimum absolute atomic E-state index is 0.0996. The van der Waals surface area contributed by atoms with Crippen LogP contribution >= 0.6 is 0 Å². The predicted molar refractivity (Wildman–Crippen MR) is 90.2 cm³/mol. The first-order valence-corrected chi connectivity index (χ1v) is 6.93. The van der Waals surface area contributed by atoms with E-state index in [0.717, 1.165) is 6.07 Å². The predicted octanol–water partition coefficient (Wildman–Crippen LogP) is 2.50. The van der Waals surface area contributed by atoms with E-state index in [1.54, 1.807) is 19.2 Å². The van der Waals surface area contributed by atoms with Crippen LogP contribution in [-0.2, 0) is 0 Å². The van der Waals surface area contributed by atoms with Crippen molar-refractivity contribution >= 4 is 29.7 Å². The number of nitrogens with one attached hydrogen (secondary N) is 1. The number of imidazole rings is 1. The van der Waals surface area contributed by atoms with Crippen LogP contribution in [0.15, 0.2) is 42.2 Å². The summed E-state index contributed by atoms with van der Waals surface area (Å²) in [7, 11) is 0. The fourth-order valence-electron chi connectivity index (χ4n) is 2.02. The molecule has 0 bridgehead atoms. The summed E-state index contributed by atoms with van der Waals surface area (Å²) in [6.45, 7) is 5.41. The zero-order chi connectivity index (χ0) is 17.7. The summed E-state index contributed by atoms with van der Waals surface area (Å²) < 4.78 is 15.4. The number of benzene rings is 1. The van der Waals surface area contributed by atoms with E-state index in [0.29, 0.717) is 5.82 Å². The lowest BCUT2D eigenvalue weighted by molar-refractivity contribution is 0.102. The molecule has 8 heteroatoms. The molecule has 124 valence electrons. The molecule has 2 aromatic rings. The third-order valence-corrected chi connectivity index (χ3v) is 3.16. The molecule has 1 aromatic carbocycles. The van der Waals surface area contributed by atoms with E-state index in [9.17, 15) is 9.18 Å². The molecule has 0 aliphatic carbocycles. The fourth-order valence-corrected chi connectivity index (χ4v) is 2.02. The van der Waals surface area contributed by atoms with Gasteiger partial charge in [-0.15, -0.1) is 0 Å².